The molecule has 6 heteroatoms. The van der Waals surface area contributed by atoms with Crippen molar-refractivity contribution in [1.29, 1.82) is 0 Å². The normalized spacial score (nSPS) is 18.0. The molecule has 0 radical (unpaired) electrons. The van der Waals surface area contributed by atoms with Crippen molar-refractivity contribution in [3.05, 3.63) is 41.3 Å². The molecule has 2 N–H and O–H groups in total. The van der Waals surface area contributed by atoms with Crippen LogP contribution in [0.5, 0.6) is 0 Å². The molecule has 2 aromatic heterocycles. The molecular weight excluding hydrogens is 302 g/mol. The van der Waals surface area contributed by atoms with Gasteiger partial charge in [-0.1, -0.05) is 0 Å². The molecule has 6 nitrogen and oxygen atoms in total. The molecule has 3 heterocycles. The van der Waals surface area contributed by atoms with Crippen LogP contribution in [0.1, 0.15) is 54.4 Å². The van der Waals surface area contributed by atoms with Gasteiger partial charge in [0, 0.05) is 36.9 Å². The lowest BCUT2D eigenvalue weighted by atomic mass is 9.94. The maximum absolute atomic E-state index is 13.0. The molecule has 0 saturated carbocycles. The van der Waals surface area contributed by atoms with Crippen LogP contribution in [0.25, 0.3) is 0 Å². The molecule has 3 rings (SSSR count). The molecule has 1 saturated heterocycles. The smallest absolute Gasteiger partial charge is 0.257 e. The molecule has 2 aromatic rings. The van der Waals surface area contributed by atoms with E-state index in [4.69, 9.17) is 0 Å². The number of carbonyl (C=O) groups excluding carboxylic acids is 1. The zero-order valence-electron chi connectivity index (χ0n) is 14.5. The van der Waals surface area contributed by atoms with Crippen LogP contribution in [-0.2, 0) is 0 Å². The Bertz CT molecular complexity index is 709. The van der Waals surface area contributed by atoms with Crippen LogP contribution in [0.2, 0.25) is 0 Å². The number of piperidine rings is 1. The predicted octanol–water partition coefficient (Wildman–Crippen LogP) is 2.95. The summed E-state index contributed by atoms with van der Waals surface area (Å²) in [5.74, 6) is 1.00. The van der Waals surface area contributed by atoms with Crippen LogP contribution in [0.15, 0.2) is 24.4 Å². The molecular formula is C18H25N5O. The van der Waals surface area contributed by atoms with Crippen molar-refractivity contribution < 1.29 is 4.79 Å². The number of nitrogens with zero attached hydrogens (tertiary/aromatic N) is 3. The van der Waals surface area contributed by atoms with Crippen molar-refractivity contribution >= 4 is 11.7 Å². The van der Waals surface area contributed by atoms with Crippen molar-refractivity contribution in [3.63, 3.8) is 0 Å². The van der Waals surface area contributed by atoms with E-state index in [0.29, 0.717) is 23.8 Å². The van der Waals surface area contributed by atoms with Gasteiger partial charge < -0.3 is 10.2 Å². The third kappa shape index (κ3) is 3.58. The molecule has 1 amide bonds. The first kappa shape index (κ1) is 16.5. The minimum atomic E-state index is 0.0446. The lowest BCUT2D eigenvalue weighted by Crippen LogP contribution is -2.39. The summed E-state index contributed by atoms with van der Waals surface area (Å²) in [6, 6.07) is 5.97. The first-order valence-electron chi connectivity index (χ1n) is 8.57. The number of nitrogens with one attached hydrogen (secondary N) is 2. The van der Waals surface area contributed by atoms with E-state index in [1.165, 1.54) is 0 Å². The monoisotopic (exact) mass is 327 g/mol. The highest BCUT2D eigenvalue weighted by molar-refractivity contribution is 5.98. The molecule has 1 aliphatic heterocycles. The third-order valence-corrected chi connectivity index (χ3v) is 4.32. The minimum absolute atomic E-state index is 0.0446. The third-order valence-electron chi connectivity index (χ3n) is 4.32. The second kappa shape index (κ2) is 7.03. The maximum Gasteiger partial charge on any atom is 0.257 e. The Labute approximate surface area is 142 Å². The summed E-state index contributed by atoms with van der Waals surface area (Å²) in [5.41, 5.74) is 2.76. The summed E-state index contributed by atoms with van der Waals surface area (Å²) in [4.78, 5) is 19.3. The average molecular weight is 327 g/mol. The maximum atomic E-state index is 13.0. The molecule has 0 aliphatic carbocycles. The summed E-state index contributed by atoms with van der Waals surface area (Å²) in [5, 5.41) is 10.6. The number of amides is 1. The molecule has 128 valence electrons. The number of hydrogen-bond acceptors (Lipinski definition) is 4. The quantitative estimate of drug-likeness (QED) is 0.905. The SMILES string of the molecule is Cc1cc([C@H]2CCCN(C(=O)c3cccnc3NC(C)C)C2)n[nH]1. The average Bonchev–Trinajstić information content (AvgIpc) is 3.01. The van der Waals surface area contributed by atoms with Crippen LogP contribution in [0, 0.1) is 6.92 Å². The Morgan fingerprint density at radius 3 is 3.00 bits per heavy atom. The highest BCUT2D eigenvalue weighted by atomic mass is 16.2. The van der Waals surface area contributed by atoms with E-state index >= 15 is 0 Å². The summed E-state index contributed by atoms with van der Waals surface area (Å²) >= 11 is 0. The number of rotatable bonds is 4. The van der Waals surface area contributed by atoms with Crippen molar-refractivity contribution in [2.45, 2.75) is 45.6 Å². The van der Waals surface area contributed by atoms with Gasteiger partial charge in [-0.25, -0.2) is 4.98 Å². The molecule has 1 atom stereocenters. The van der Waals surface area contributed by atoms with Gasteiger partial charge in [-0.05, 0) is 51.8 Å². The fourth-order valence-electron chi connectivity index (χ4n) is 3.19. The number of aromatic amines is 1. The van der Waals surface area contributed by atoms with E-state index in [1.54, 1.807) is 6.20 Å². The second-order valence-corrected chi connectivity index (χ2v) is 6.76. The number of H-pyrrole nitrogens is 1. The molecule has 0 unspecified atom stereocenters. The van der Waals surface area contributed by atoms with Crippen molar-refractivity contribution in [2.75, 3.05) is 18.4 Å². The molecule has 1 fully saturated rings. The Morgan fingerprint density at radius 1 is 1.46 bits per heavy atom. The largest absolute Gasteiger partial charge is 0.367 e. The number of aryl methyl sites for hydroxylation is 1. The van der Waals surface area contributed by atoms with Gasteiger partial charge in [-0.15, -0.1) is 0 Å². The van der Waals surface area contributed by atoms with E-state index in [-0.39, 0.29) is 11.9 Å². The highest BCUT2D eigenvalue weighted by Gasteiger charge is 2.28. The van der Waals surface area contributed by atoms with E-state index in [0.717, 1.165) is 30.8 Å². The van der Waals surface area contributed by atoms with Gasteiger partial charge in [-0.2, -0.15) is 5.10 Å². The van der Waals surface area contributed by atoms with E-state index in [9.17, 15) is 4.79 Å². The predicted molar refractivity (Wildman–Crippen MR) is 94.2 cm³/mol. The number of pyridine rings is 1. The number of likely N-dealkylation sites (tertiary alicyclic amines) is 1. The van der Waals surface area contributed by atoms with Crippen LogP contribution >= 0.6 is 0 Å². The summed E-state index contributed by atoms with van der Waals surface area (Å²) in [6.07, 6.45) is 3.78. The molecule has 0 bridgehead atoms. The Kier molecular flexibility index (Phi) is 4.83. The first-order chi connectivity index (χ1) is 11.5. The van der Waals surface area contributed by atoms with Crippen LogP contribution < -0.4 is 5.32 Å². The van der Waals surface area contributed by atoms with E-state index in [2.05, 4.69) is 26.6 Å². The zero-order valence-corrected chi connectivity index (χ0v) is 14.5. The van der Waals surface area contributed by atoms with Gasteiger partial charge in [0.25, 0.3) is 5.91 Å². The zero-order chi connectivity index (χ0) is 17.1. The Morgan fingerprint density at radius 2 is 2.29 bits per heavy atom. The van der Waals surface area contributed by atoms with Gasteiger partial charge in [0.2, 0.25) is 0 Å². The standard InChI is InChI=1S/C18H25N5O/c1-12(2)20-17-15(7-4-8-19-17)18(24)23-9-5-6-14(11-23)16-10-13(3)21-22-16/h4,7-8,10,12,14H,5-6,9,11H2,1-3H3,(H,19,20)(H,21,22)/t14-/m0/s1. The van der Waals surface area contributed by atoms with Gasteiger partial charge in [0.1, 0.15) is 5.82 Å². The molecule has 1 aliphatic rings. The van der Waals surface area contributed by atoms with Crippen LogP contribution in [0.3, 0.4) is 0 Å². The van der Waals surface area contributed by atoms with Crippen molar-refractivity contribution in [2.24, 2.45) is 0 Å². The van der Waals surface area contributed by atoms with Gasteiger partial charge in [0.05, 0.1) is 11.3 Å². The van der Waals surface area contributed by atoms with E-state index < -0.39 is 0 Å². The Balaban J connectivity index is 1.77. The van der Waals surface area contributed by atoms with Crippen LogP contribution in [0.4, 0.5) is 5.82 Å². The lowest BCUT2D eigenvalue weighted by Gasteiger charge is -2.32. The summed E-state index contributed by atoms with van der Waals surface area (Å²) in [6.45, 7) is 7.58. The number of aromatic nitrogens is 3. The molecule has 0 aromatic carbocycles. The topological polar surface area (TPSA) is 73.9 Å². The molecule has 0 spiro atoms. The summed E-state index contributed by atoms with van der Waals surface area (Å²) < 4.78 is 0. The lowest BCUT2D eigenvalue weighted by molar-refractivity contribution is 0.0706. The van der Waals surface area contributed by atoms with E-state index in [1.807, 2.05) is 37.8 Å². The number of anilines is 1. The fraction of sp³-hybridized carbons (Fsp3) is 0.500. The number of hydrogen-bond donors (Lipinski definition) is 2. The van der Waals surface area contributed by atoms with Gasteiger partial charge in [0.15, 0.2) is 0 Å². The second-order valence-electron chi connectivity index (χ2n) is 6.76. The Hall–Kier alpha value is -2.37. The number of carbonyl (C=O) groups is 1. The minimum Gasteiger partial charge on any atom is -0.367 e. The van der Waals surface area contributed by atoms with Crippen LogP contribution in [-0.4, -0.2) is 45.1 Å². The van der Waals surface area contributed by atoms with Gasteiger partial charge >= 0.3 is 0 Å². The highest BCUT2D eigenvalue weighted by Crippen LogP contribution is 2.27. The fourth-order valence-corrected chi connectivity index (χ4v) is 3.19. The molecule has 24 heavy (non-hydrogen) atoms. The van der Waals surface area contributed by atoms with Crippen molar-refractivity contribution in [1.82, 2.24) is 20.1 Å². The van der Waals surface area contributed by atoms with Crippen molar-refractivity contribution in [3.8, 4) is 0 Å². The summed E-state index contributed by atoms with van der Waals surface area (Å²) in [7, 11) is 0. The first-order valence-corrected chi connectivity index (χ1v) is 8.57. The van der Waals surface area contributed by atoms with Gasteiger partial charge in [-0.3, -0.25) is 9.89 Å².